The summed E-state index contributed by atoms with van der Waals surface area (Å²) in [7, 11) is 0. The van der Waals surface area contributed by atoms with Crippen LogP contribution in [0.15, 0.2) is 41.9 Å². The number of hydrogen-bond donors (Lipinski definition) is 1. The molecule has 1 saturated heterocycles. The molecule has 25 heavy (non-hydrogen) atoms. The molecule has 1 saturated carbocycles. The molecule has 4 rings (SSSR count). The number of aromatic nitrogens is 1. The molecule has 2 aliphatic rings. The number of carbonyl (C=O) groups is 1. The number of hydrogen-bond acceptors (Lipinski definition) is 5. The largest absolute Gasteiger partial charge is 0.352 e. The lowest BCUT2D eigenvalue weighted by molar-refractivity contribution is -0.126. The van der Waals surface area contributed by atoms with E-state index in [2.05, 4.69) is 32.2 Å². The normalized spacial score (nSPS) is 20.1. The third-order valence-corrected chi connectivity index (χ3v) is 5.71. The van der Waals surface area contributed by atoms with E-state index in [1.807, 2.05) is 29.8 Å². The van der Waals surface area contributed by atoms with Crippen LogP contribution in [0.25, 0.3) is 0 Å². The summed E-state index contributed by atoms with van der Waals surface area (Å²) in [5, 5.41) is 6.31. The van der Waals surface area contributed by atoms with E-state index in [9.17, 15) is 4.79 Å². The predicted molar refractivity (Wildman–Crippen MR) is 101 cm³/mol. The van der Waals surface area contributed by atoms with Crippen LogP contribution in [0.1, 0.15) is 30.9 Å². The third kappa shape index (κ3) is 4.02. The SMILES string of the molecule is O=C(NC1CC1)[C@H](c1ccccc1)N1CCCN(c2nccs2)CC1. The standard InChI is InChI=1S/C19H24N4OS/c24-18(21-16-7-8-16)17(15-5-2-1-3-6-15)22-10-4-11-23(13-12-22)19-20-9-14-25-19/h1-3,5-6,9,14,16-17H,4,7-8,10-13H2,(H,21,24)/t17-/m0/s1. The molecule has 2 aromatic rings. The van der Waals surface area contributed by atoms with Gasteiger partial charge >= 0.3 is 0 Å². The summed E-state index contributed by atoms with van der Waals surface area (Å²) in [6.45, 7) is 3.71. The van der Waals surface area contributed by atoms with Gasteiger partial charge in [-0.05, 0) is 24.8 Å². The molecule has 1 aliphatic heterocycles. The van der Waals surface area contributed by atoms with Crippen LogP contribution in [-0.4, -0.2) is 48.0 Å². The fraction of sp³-hybridized carbons (Fsp3) is 0.474. The number of carbonyl (C=O) groups excluding carboxylic acids is 1. The quantitative estimate of drug-likeness (QED) is 0.895. The van der Waals surface area contributed by atoms with Gasteiger partial charge in [0.15, 0.2) is 5.13 Å². The molecule has 6 heteroatoms. The van der Waals surface area contributed by atoms with Gasteiger partial charge < -0.3 is 10.2 Å². The maximum absolute atomic E-state index is 12.9. The Kier molecular flexibility index (Phi) is 4.99. The fourth-order valence-corrected chi connectivity index (χ4v) is 4.13. The van der Waals surface area contributed by atoms with E-state index in [-0.39, 0.29) is 11.9 Å². The highest BCUT2D eigenvalue weighted by molar-refractivity contribution is 7.13. The molecular weight excluding hydrogens is 332 g/mol. The summed E-state index contributed by atoms with van der Waals surface area (Å²) in [5.41, 5.74) is 1.09. The summed E-state index contributed by atoms with van der Waals surface area (Å²) < 4.78 is 0. The van der Waals surface area contributed by atoms with E-state index in [0.29, 0.717) is 6.04 Å². The molecular formula is C19H24N4OS. The van der Waals surface area contributed by atoms with Crippen molar-refractivity contribution in [3.63, 3.8) is 0 Å². The zero-order valence-corrected chi connectivity index (χ0v) is 15.1. The van der Waals surface area contributed by atoms with E-state index >= 15 is 0 Å². The van der Waals surface area contributed by atoms with Crippen LogP contribution in [0.2, 0.25) is 0 Å². The molecule has 1 aromatic heterocycles. The van der Waals surface area contributed by atoms with Crippen LogP contribution in [0, 0.1) is 0 Å². The zero-order chi connectivity index (χ0) is 17.1. The minimum absolute atomic E-state index is 0.149. The number of benzene rings is 1. The molecule has 1 amide bonds. The van der Waals surface area contributed by atoms with Crippen molar-refractivity contribution in [3.05, 3.63) is 47.5 Å². The molecule has 0 spiro atoms. The van der Waals surface area contributed by atoms with Crippen LogP contribution in [-0.2, 0) is 4.79 Å². The topological polar surface area (TPSA) is 48.5 Å². The van der Waals surface area contributed by atoms with Crippen LogP contribution in [0.5, 0.6) is 0 Å². The van der Waals surface area contributed by atoms with Crippen LogP contribution >= 0.6 is 11.3 Å². The maximum atomic E-state index is 12.9. The Labute approximate surface area is 152 Å². The number of nitrogens with one attached hydrogen (secondary N) is 1. The highest BCUT2D eigenvalue weighted by atomic mass is 32.1. The van der Waals surface area contributed by atoms with Gasteiger partial charge in [-0.3, -0.25) is 9.69 Å². The summed E-state index contributed by atoms with van der Waals surface area (Å²) >= 11 is 1.68. The highest BCUT2D eigenvalue weighted by Crippen LogP contribution is 2.27. The van der Waals surface area contributed by atoms with Crippen molar-refractivity contribution < 1.29 is 4.79 Å². The van der Waals surface area contributed by atoms with Crippen molar-refractivity contribution in [1.82, 2.24) is 15.2 Å². The first-order valence-electron chi connectivity index (χ1n) is 9.05. The average molecular weight is 356 g/mol. The molecule has 2 heterocycles. The number of amides is 1. The Morgan fingerprint density at radius 3 is 2.72 bits per heavy atom. The molecule has 2 fully saturated rings. The van der Waals surface area contributed by atoms with Gasteiger partial charge in [-0.2, -0.15) is 0 Å². The monoisotopic (exact) mass is 356 g/mol. The van der Waals surface area contributed by atoms with Gasteiger partial charge in [0.2, 0.25) is 5.91 Å². The second-order valence-corrected chi connectivity index (χ2v) is 7.66. The molecule has 1 aromatic carbocycles. The fourth-order valence-electron chi connectivity index (χ4n) is 3.43. The van der Waals surface area contributed by atoms with Crippen LogP contribution in [0.3, 0.4) is 0 Å². The molecule has 1 N–H and O–H groups in total. The molecule has 5 nitrogen and oxygen atoms in total. The van der Waals surface area contributed by atoms with E-state index in [4.69, 9.17) is 0 Å². The lowest BCUT2D eigenvalue weighted by Gasteiger charge is -2.30. The summed E-state index contributed by atoms with van der Waals surface area (Å²) in [6.07, 6.45) is 5.13. The lowest BCUT2D eigenvalue weighted by Crippen LogP contribution is -2.43. The van der Waals surface area contributed by atoms with Gasteiger partial charge in [-0.15, -0.1) is 11.3 Å². The van der Waals surface area contributed by atoms with Gasteiger partial charge in [0.25, 0.3) is 0 Å². The lowest BCUT2D eigenvalue weighted by atomic mass is 10.0. The Bertz CT molecular complexity index is 687. The minimum atomic E-state index is -0.196. The second kappa shape index (κ2) is 7.54. The van der Waals surface area contributed by atoms with Crippen LogP contribution in [0.4, 0.5) is 5.13 Å². The molecule has 0 unspecified atom stereocenters. The Balaban J connectivity index is 1.51. The smallest absolute Gasteiger partial charge is 0.242 e. The average Bonchev–Trinajstić information content (AvgIpc) is 3.34. The number of rotatable bonds is 5. The molecule has 132 valence electrons. The molecule has 0 radical (unpaired) electrons. The highest BCUT2D eigenvalue weighted by Gasteiger charge is 2.33. The van der Waals surface area contributed by atoms with Gasteiger partial charge in [0, 0.05) is 43.8 Å². The van der Waals surface area contributed by atoms with Crippen molar-refractivity contribution in [2.24, 2.45) is 0 Å². The maximum Gasteiger partial charge on any atom is 0.242 e. The summed E-state index contributed by atoms with van der Waals surface area (Å²) in [4.78, 5) is 22.1. The first-order chi connectivity index (χ1) is 12.3. The van der Waals surface area contributed by atoms with Crippen molar-refractivity contribution in [2.45, 2.75) is 31.3 Å². The molecule has 1 aliphatic carbocycles. The van der Waals surface area contributed by atoms with Gasteiger partial charge in [-0.1, -0.05) is 30.3 Å². The van der Waals surface area contributed by atoms with Crippen molar-refractivity contribution >= 4 is 22.4 Å². The third-order valence-electron chi connectivity index (χ3n) is 4.87. The van der Waals surface area contributed by atoms with E-state index in [1.54, 1.807) is 11.3 Å². The second-order valence-electron chi connectivity index (χ2n) is 6.79. The van der Waals surface area contributed by atoms with Crippen molar-refractivity contribution in [1.29, 1.82) is 0 Å². The molecule has 0 bridgehead atoms. The zero-order valence-electron chi connectivity index (χ0n) is 14.3. The predicted octanol–water partition coefficient (Wildman–Crippen LogP) is 2.68. The molecule has 1 atom stereocenters. The van der Waals surface area contributed by atoms with Gasteiger partial charge in [-0.25, -0.2) is 4.98 Å². The van der Waals surface area contributed by atoms with Crippen molar-refractivity contribution in [3.8, 4) is 0 Å². The summed E-state index contributed by atoms with van der Waals surface area (Å²) in [6, 6.07) is 10.4. The number of nitrogens with zero attached hydrogens (tertiary/aromatic N) is 3. The Morgan fingerprint density at radius 1 is 1.16 bits per heavy atom. The van der Waals surface area contributed by atoms with Crippen molar-refractivity contribution in [2.75, 3.05) is 31.1 Å². The number of anilines is 1. The van der Waals surface area contributed by atoms with E-state index in [1.165, 1.54) is 0 Å². The number of thiazole rings is 1. The first kappa shape index (κ1) is 16.5. The van der Waals surface area contributed by atoms with Gasteiger partial charge in [0.05, 0.1) is 0 Å². The minimum Gasteiger partial charge on any atom is -0.352 e. The van der Waals surface area contributed by atoms with Gasteiger partial charge in [0.1, 0.15) is 6.04 Å². The summed E-state index contributed by atoms with van der Waals surface area (Å²) in [5.74, 6) is 0.149. The first-order valence-corrected chi connectivity index (χ1v) is 9.93. The van der Waals surface area contributed by atoms with Crippen LogP contribution < -0.4 is 10.2 Å². The van der Waals surface area contributed by atoms with E-state index < -0.39 is 0 Å². The van der Waals surface area contributed by atoms with E-state index in [0.717, 1.165) is 56.1 Å². The Morgan fingerprint density at radius 2 is 2.00 bits per heavy atom. The Hall–Kier alpha value is -1.92.